The summed E-state index contributed by atoms with van der Waals surface area (Å²) < 4.78 is 38.7. The quantitative estimate of drug-likeness (QED) is 0.906. The van der Waals surface area contributed by atoms with E-state index in [1.165, 1.54) is 11.8 Å². The summed E-state index contributed by atoms with van der Waals surface area (Å²) in [5.74, 6) is -2.20. The molecule has 24 heavy (non-hydrogen) atoms. The lowest BCUT2D eigenvalue weighted by molar-refractivity contribution is -0.148. The van der Waals surface area contributed by atoms with E-state index >= 15 is 0 Å². The van der Waals surface area contributed by atoms with Crippen molar-refractivity contribution in [2.45, 2.75) is 58.3 Å². The van der Waals surface area contributed by atoms with Crippen LogP contribution in [0.5, 0.6) is 0 Å². The van der Waals surface area contributed by atoms with Crippen molar-refractivity contribution in [1.29, 1.82) is 0 Å². The average molecular weight is 347 g/mol. The molecule has 1 fully saturated rings. The van der Waals surface area contributed by atoms with Crippen LogP contribution in [0.15, 0.2) is 0 Å². The molecule has 1 saturated heterocycles. The van der Waals surface area contributed by atoms with Gasteiger partial charge < -0.3 is 10.0 Å². The van der Waals surface area contributed by atoms with Crippen LogP contribution in [0.4, 0.5) is 13.2 Å². The normalized spacial score (nSPS) is 19.6. The van der Waals surface area contributed by atoms with Gasteiger partial charge in [-0.3, -0.25) is 9.48 Å². The molecule has 6 nitrogen and oxygen atoms in total. The second kappa shape index (κ2) is 6.45. The highest BCUT2D eigenvalue weighted by atomic mass is 19.4. The first-order valence-electron chi connectivity index (χ1n) is 7.67. The molecule has 0 spiro atoms. The summed E-state index contributed by atoms with van der Waals surface area (Å²) in [7, 11) is 0. The van der Waals surface area contributed by atoms with E-state index in [0.29, 0.717) is 30.6 Å². The Labute approximate surface area is 137 Å². The van der Waals surface area contributed by atoms with Crippen LogP contribution >= 0.6 is 0 Å². The number of aromatic nitrogens is 2. The van der Waals surface area contributed by atoms with E-state index in [-0.39, 0.29) is 5.69 Å². The number of hydrogen-bond acceptors (Lipinski definition) is 3. The van der Waals surface area contributed by atoms with E-state index in [1.807, 2.05) is 0 Å². The van der Waals surface area contributed by atoms with Gasteiger partial charge in [0.05, 0.1) is 11.6 Å². The third-order valence-electron chi connectivity index (χ3n) is 4.39. The van der Waals surface area contributed by atoms with Crippen LogP contribution in [0.2, 0.25) is 0 Å². The van der Waals surface area contributed by atoms with Crippen LogP contribution in [0.3, 0.4) is 0 Å². The third kappa shape index (κ3) is 3.54. The molecule has 1 aliphatic rings. The minimum absolute atomic E-state index is 0.275. The SMILES string of the molecule is Cc1nn(CC(F)(F)F)c(C)c1C(C)C(=O)N1CCC[C@H]1C(=O)O. The monoisotopic (exact) mass is 347 g/mol. The molecular formula is C15H20F3N3O3. The van der Waals surface area contributed by atoms with E-state index in [9.17, 15) is 27.9 Å². The number of carboxylic acid groups (broad SMARTS) is 1. The van der Waals surface area contributed by atoms with Gasteiger partial charge in [-0.15, -0.1) is 0 Å². The van der Waals surface area contributed by atoms with E-state index < -0.39 is 36.6 Å². The first-order valence-corrected chi connectivity index (χ1v) is 7.67. The molecule has 9 heteroatoms. The smallest absolute Gasteiger partial charge is 0.408 e. The predicted molar refractivity (Wildman–Crippen MR) is 78.5 cm³/mol. The summed E-state index contributed by atoms with van der Waals surface area (Å²) in [6.45, 7) is 3.74. The topological polar surface area (TPSA) is 75.4 Å². The fraction of sp³-hybridized carbons (Fsp3) is 0.667. The molecule has 1 N–H and O–H groups in total. The first kappa shape index (κ1) is 18.3. The average Bonchev–Trinajstić information content (AvgIpc) is 3.02. The molecule has 2 atom stereocenters. The fourth-order valence-corrected chi connectivity index (χ4v) is 3.32. The minimum Gasteiger partial charge on any atom is -0.480 e. The summed E-state index contributed by atoms with van der Waals surface area (Å²) >= 11 is 0. The molecule has 1 aromatic rings. The lowest BCUT2D eigenvalue weighted by Gasteiger charge is -2.25. The zero-order valence-corrected chi connectivity index (χ0v) is 13.7. The Bertz CT molecular complexity index is 654. The number of amides is 1. The number of rotatable bonds is 4. The molecule has 0 aliphatic carbocycles. The molecule has 0 saturated carbocycles. The lowest BCUT2D eigenvalue weighted by atomic mass is 9.97. The number of hydrogen-bond donors (Lipinski definition) is 1. The van der Waals surface area contributed by atoms with Gasteiger partial charge >= 0.3 is 12.1 Å². The Morgan fingerprint density at radius 1 is 1.38 bits per heavy atom. The molecule has 2 rings (SSSR count). The van der Waals surface area contributed by atoms with Gasteiger partial charge in [0.2, 0.25) is 5.91 Å². The number of alkyl halides is 3. The molecule has 1 unspecified atom stereocenters. The van der Waals surface area contributed by atoms with E-state index in [4.69, 9.17) is 0 Å². The Hall–Kier alpha value is -2.06. The number of aryl methyl sites for hydroxylation is 1. The summed E-state index contributed by atoms with van der Waals surface area (Å²) in [5, 5.41) is 13.1. The van der Waals surface area contributed by atoms with E-state index in [2.05, 4.69) is 5.10 Å². The highest BCUT2D eigenvalue weighted by molar-refractivity contribution is 5.88. The molecule has 0 bridgehead atoms. The molecule has 134 valence electrons. The summed E-state index contributed by atoms with van der Waals surface area (Å²) in [6.07, 6.45) is -3.42. The Morgan fingerprint density at radius 3 is 2.54 bits per heavy atom. The fourth-order valence-electron chi connectivity index (χ4n) is 3.32. The van der Waals surface area contributed by atoms with Crippen LogP contribution in [-0.2, 0) is 16.1 Å². The van der Waals surface area contributed by atoms with Gasteiger partial charge in [0.1, 0.15) is 12.6 Å². The van der Waals surface area contributed by atoms with E-state index in [0.717, 1.165) is 4.68 Å². The highest BCUT2D eigenvalue weighted by Crippen LogP contribution is 2.30. The van der Waals surface area contributed by atoms with Crippen LogP contribution < -0.4 is 0 Å². The molecule has 0 aromatic carbocycles. The number of aliphatic carboxylic acids is 1. The maximum Gasteiger partial charge on any atom is 0.408 e. The second-order valence-electron chi connectivity index (χ2n) is 6.11. The van der Waals surface area contributed by atoms with Crippen LogP contribution in [0.25, 0.3) is 0 Å². The number of carbonyl (C=O) groups is 2. The standard InChI is InChI=1S/C15H20F3N3O3/c1-8(13(22)20-6-4-5-11(20)14(23)24)12-9(2)19-21(10(12)3)7-15(16,17)18/h8,11H,4-7H2,1-3H3,(H,23,24)/t8?,11-/m0/s1. The van der Waals surface area contributed by atoms with Gasteiger partial charge in [0.15, 0.2) is 0 Å². The van der Waals surface area contributed by atoms with Gasteiger partial charge in [-0.2, -0.15) is 18.3 Å². The van der Waals surface area contributed by atoms with Gasteiger partial charge in [-0.1, -0.05) is 0 Å². The van der Waals surface area contributed by atoms with Crippen molar-refractivity contribution in [3.63, 3.8) is 0 Å². The Morgan fingerprint density at radius 2 is 2.00 bits per heavy atom. The van der Waals surface area contributed by atoms with Crippen molar-refractivity contribution in [3.05, 3.63) is 17.0 Å². The van der Waals surface area contributed by atoms with Crippen molar-refractivity contribution < 1.29 is 27.9 Å². The zero-order chi connectivity index (χ0) is 18.2. The number of carboxylic acids is 1. The van der Waals surface area contributed by atoms with Crippen molar-refractivity contribution in [3.8, 4) is 0 Å². The first-order chi connectivity index (χ1) is 11.0. The number of carbonyl (C=O) groups excluding carboxylic acids is 1. The number of nitrogens with zero attached hydrogens (tertiary/aromatic N) is 3. The van der Waals surface area contributed by atoms with E-state index in [1.54, 1.807) is 13.8 Å². The van der Waals surface area contributed by atoms with Crippen LogP contribution in [0, 0.1) is 13.8 Å². The van der Waals surface area contributed by atoms with Gasteiger partial charge in [0, 0.05) is 17.8 Å². The third-order valence-corrected chi connectivity index (χ3v) is 4.39. The van der Waals surface area contributed by atoms with Gasteiger partial charge in [0.25, 0.3) is 0 Å². The molecule has 2 heterocycles. The van der Waals surface area contributed by atoms with Crippen molar-refractivity contribution in [2.75, 3.05) is 6.54 Å². The van der Waals surface area contributed by atoms with Crippen molar-refractivity contribution in [2.24, 2.45) is 0 Å². The Kier molecular flexibility index (Phi) is 4.91. The van der Waals surface area contributed by atoms with Crippen LogP contribution in [-0.4, -0.2) is 50.4 Å². The maximum atomic E-state index is 12.7. The molecule has 1 aromatic heterocycles. The predicted octanol–water partition coefficient (Wildman–Crippen LogP) is 2.24. The Balaban J connectivity index is 2.28. The second-order valence-corrected chi connectivity index (χ2v) is 6.11. The molecule has 1 amide bonds. The lowest BCUT2D eigenvalue weighted by Crippen LogP contribution is -2.42. The summed E-state index contributed by atoms with van der Waals surface area (Å²) in [5.41, 5.74) is 1.06. The van der Waals surface area contributed by atoms with Crippen LogP contribution in [0.1, 0.15) is 42.6 Å². The number of halogens is 3. The molecule has 1 aliphatic heterocycles. The van der Waals surface area contributed by atoms with Crippen molar-refractivity contribution in [1.82, 2.24) is 14.7 Å². The zero-order valence-electron chi connectivity index (χ0n) is 13.7. The van der Waals surface area contributed by atoms with Gasteiger partial charge in [-0.25, -0.2) is 4.79 Å². The maximum absolute atomic E-state index is 12.7. The minimum atomic E-state index is -4.41. The van der Waals surface area contributed by atoms with Gasteiger partial charge in [-0.05, 0) is 33.6 Å². The highest BCUT2D eigenvalue weighted by Gasteiger charge is 2.38. The summed E-state index contributed by atoms with van der Waals surface area (Å²) in [4.78, 5) is 25.2. The summed E-state index contributed by atoms with van der Waals surface area (Å²) in [6, 6.07) is -0.870. The largest absolute Gasteiger partial charge is 0.480 e. The van der Waals surface area contributed by atoms with Crippen molar-refractivity contribution >= 4 is 11.9 Å². The molecular weight excluding hydrogens is 327 g/mol. The molecule has 0 radical (unpaired) electrons. The number of likely N-dealkylation sites (tertiary alicyclic amines) is 1.